The number of carboxylic acids is 1. The zero-order valence-electron chi connectivity index (χ0n) is 12.5. The van der Waals surface area contributed by atoms with Gasteiger partial charge in [0.2, 0.25) is 0 Å². The van der Waals surface area contributed by atoms with Crippen molar-refractivity contribution in [1.82, 2.24) is 24.4 Å². The van der Waals surface area contributed by atoms with Crippen LogP contribution in [0.3, 0.4) is 0 Å². The van der Waals surface area contributed by atoms with E-state index in [-0.39, 0.29) is 11.7 Å². The van der Waals surface area contributed by atoms with Crippen LogP contribution in [0.1, 0.15) is 34.8 Å². The number of rotatable bonds is 4. The van der Waals surface area contributed by atoms with E-state index in [2.05, 4.69) is 20.5 Å². The predicted molar refractivity (Wildman–Crippen MR) is 79.9 cm³/mol. The fraction of sp³-hybridized carbons (Fsp3) is 0.286. The van der Waals surface area contributed by atoms with E-state index in [1.165, 1.54) is 10.6 Å². The minimum Gasteiger partial charge on any atom is -0.476 e. The lowest BCUT2D eigenvalue weighted by molar-refractivity contribution is 0.0690. The molecule has 3 aromatic rings. The van der Waals surface area contributed by atoms with Crippen molar-refractivity contribution >= 4 is 17.3 Å². The zero-order chi connectivity index (χ0) is 15.9. The third-order valence-corrected chi connectivity index (χ3v) is 3.33. The first-order chi connectivity index (χ1) is 10.4. The molecule has 0 amide bonds. The van der Waals surface area contributed by atoms with Crippen molar-refractivity contribution in [1.29, 1.82) is 0 Å². The molecule has 0 bridgehead atoms. The van der Waals surface area contributed by atoms with Gasteiger partial charge in [0.25, 0.3) is 0 Å². The Hall–Kier alpha value is -2.90. The standard InChI is InChI=1S/C14H16N6O2/c1-8-7-20-12(6-11(18-20)14(21)22)13(15-8)16-9(2)10-4-5-19(3)17-10/h4-7,9H,1-3H3,(H,15,16)(H,21,22)/t9-/m0/s1. The van der Waals surface area contributed by atoms with Crippen LogP contribution >= 0.6 is 0 Å². The second kappa shape index (κ2) is 5.14. The minimum absolute atomic E-state index is 0.0130. The molecule has 8 heteroatoms. The molecule has 8 nitrogen and oxygen atoms in total. The normalized spacial score (nSPS) is 12.5. The van der Waals surface area contributed by atoms with Crippen molar-refractivity contribution in [2.75, 3.05) is 5.32 Å². The Morgan fingerprint density at radius 2 is 2.18 bits per heavy atom. The van der Waals surface area contributed by atoms with Gasteiger partial charge in [0, 0.05) is 19.3 Å². The number of nitrogens with zero attached hydrogens (tertiary/aromatic N) is 5. The fourth-order valence-corrected chi connectivity index (χ4v) is 2.26. The van der Waals surface area contributed by atoms with E-state index >= 15 is 0 Å². The highest BCUT2D eigenvalue weighted by Gasteiger charge is 2.16. The molecule has 0 aliphatic heterocycles. The molecule has 0 aromatic carbocycles. The molecule has 0 unspecified atom stereocenters. The smallest absolute Gasteiger partial charge is 0.356 e. The largest absolute Gasteiger partial charge is 0.476 e. The third-order valence-electron chi connectivity index (χ3n) is 3.33. The summed E-state index contributed by atoms with van der Waals surface area (Å²) in [7, 11) is 1.86. The Morgan fingerprint density at radius 1 is 1.41 bits per heavy atom. The number of aromatic nitrogens is 5. The van der Waals surface area contributed by atoms with Crippen molar-refractivity contribution in [2.24, 2.45) is 7.05 Å². The van der Waals surface area contributed by atoms with E-state index in [0.29, 0.717) is 11.3 Å². The van der Waals surface area contributed by atoms with Crippen molar-refractivity contribution in [3.63, 3.8) is 0 Å². The average molecular weight is 300 g/mol. The Morgan fingerprint density at radius 3 is 2.82 bits per heavy atom. The average Bonchev–Trinajstić information content (AvgIpc) is 3.04. The number of hydrogen-bond donors (Lipinski definition) is 2. The van der Waals surface area contributed by atoms with Crippen LogP contribution in [0.2, 0.25) is 0 Å². The van der Waals surface area contributed by atoms with Gasteiger partial charge in [0.05, 0.1) is 23.6 Å². The molecule has 0 saturated heterocycles. The molecule has 0 fully saturated rings. The van der Waals surface area contributed by atoms with Gasteiger partial charge in [-0.05, 0) is 19.9 Å². The van der Waals surface area contributed by atoms with Gasteiger partial charge >= 0.3 is 5.97 Å². The third kappa shape index (κ3) is 2.50. The van der Waals surface area contributed by atoms with E-state index in [0.717, 1.165) is 11.4 Å². The quantitative estimate of drug-likeness (QED) is 0.760. The number of aromatic carboxylic acids is 1. The van der Waals surface area contributed by atoms with Crippen LogP contribution in [0.5, 0.6) is 0 Å². The van der Waals surface area contributed by atoms with Gasteiger partial charge in [-0.1, -0.05) is 0 Å². The van der Waals surface area contributed by atoms with Gasteiger partial charge in [-0.25, -0.2) is 14.3 Å². The van der Waals surface area contributed by atoms with Crippen LogP contribution in [0.25, 0.3) is 5.52 Å². The molecule has 0 aliphatic rings. The lowest BCUT2D eigenvalue weighted by Gasteiger charge is -2.13. The fourth-order valence-electron chi connectivity index (χ4n) is 2.26. The SMILES string of the molecule is Cc1cn2nc(C(=O)O)cc2c(N[C@@H](C)c2ccn(C)n2)n1. The van der Waals surface area contributed by atoms with Crippen LogP contribution in [0, 0.1) is 6.92 Å². The summed E-state index contributed by atoms with van der Waals surface area (Å²) >= 11 is 0. The van der Waals surface area contributed by atoms with Crippen LogP contribution in [-0.4, -0.2) is 35.5 Å². The molecule has 0 spiro atoms. The number of carboxylic acid groups (broad SMARTS) is 1. The number of anilines is 1. The molecule has 22 heavy (non-hydrogen) atoms. The molecule has 3 rings (SSSR count). The molecule has 3 heterocycles. The molecular formula is C14H16N6O2. The van der Waals surface area contributed by atoms with Gasteiger partial charge in [-0.3, -0.25) is 4.68 Å². The van der Waals surface area contributed by atoms with Crippen LogP contribution in [0.15, 0.2) is 24.5 Å². The molecule has 0 aliphatic carbocycles. The topological polar surface area (TPSA) is 97.3 Å². The Kier molecular flexibility index (Phi) is 3.28. The van der Waals surface area contributed by atoms with E-state index in [1.54, 1.807) is 10.9 Å². The molecular weight excluding hydrogens is 284 g/mol. The second-order valence-corrected chi connectivity index (χ2v) is 5.18. The zero-order valence-corrected chi connectivity index (χ0v) is 12.5. The van der Waals surface area contributed by atoms with E-state index in [1.807, 2.05) is 33.2 Å². The summed E-state index contributed by atoms with van der Waals surface area (Å²) < 4.78 is 3.26. The summed E-state index contributed by atoms with van der Waals surface area (Å²) in [4.78, 5) is 15.5. The summed E-state index contributed by atoms with van der Waals surface area (Å²) in [6.07, 6.45) is 3.56. The van der Waals surface area contributed by atoms with E-state index < -0.39 is 5.97 Å². The van der Waals surface area contributed by atoms with Gasteiger partial charge in [-0.15, -0.1) is 0 Å². The number of carbonyl (C=O) groups is 1. The monoisotopic (exact) mass is 300 g/mol. The highest BCUT2D eigenvalue weighted by atomic mass is 16.4. The van der Waals surface area contributed by atoms with Crippen molar-refractivity contribution in [3.8, 4) is 0 Å². The van der Waals surface area contributed by atoms with Gasteiger partial charge in [0.1, 0.15) is 5.52 Å². The number of hydrogen-bond acceptors (Lipinski definition) is 5. The predicted octanol–water partition coefficient (Wildman–Crippen LogP) is 1.64. The molecule has 3 aromatic heterocycles. The molecule has 2 N–H and O–H groups in total. The van der Waals surface area contributed by atoms with Crippen LogP contribution in [0.4, 0.5) is 5.82 Å². The first-order valence-electron chi connectivity index (χ1n) is 6.80. The molecule has 0 radical (unpaired) electrons. The maximum absolute atomic E-state index is 11.1. The van der Waals surface area contributed by atoms with Crippen molar-refractivity contribution < 1.29 is 9.90 Å². The van der Waals surface area contributed by atoms with E-state index in [9.17, 15) is 4.79 Å². The first-order valence-corrected chi connectivity index (χ1v) is 6.80. The molecule has 114 valence electrons. The first kappa shape index (κ1) is 14.1. The van der Waals surface area contributed by atoms with Gasteiger partial charge in [-0.2, -0.15) is 10.2 Å². The van der Waals surface area contributed by atoms with Crippen molar-refractivity contribution in [2.45, 2.75) is 19.9 Å². The highest BCUT2D eigenvalue weighted by molar-refractivity contribution is 5.88. The van der Waals surface area contributed by atoms with E-state index in [4.69, 9.17) is 5.11 Å². The Balaban J connectivity index is 2.00. The summed E-state index contributed by atoms with van der Waals surface area (Å²) in [5.74, 6) is -0.483. The van der Waals surface area contributed by atoms with Crippen LogP contribution in [-0.2, 0) is 7.05 Å². The summed E-state index contributed by atoms with van der Waals surface area (Å²) in [6, 6.07) is 3.36. The Bertz CT molecular complexity index is 850. The summed E-state index contributed by atoms with van der Waals surface area (Å²) in [5, 5.41) is 20.7. The maximum Gasteiger partial charge on any atom is 0.356 e. The minimum atomic E-state index is -1.06. The summed E-state index contributed by atoms with van der Waals surface area (Å²) in [6.45, 7) is 3.80. The highest BCUT2D eigenvalue weighted by Crippen LogP contribution is 2.22. The summed E-state index contributed by atoms with van der Waals surface area (Å²) in [5.41, 5.74) is 2.22. The number of aryl methyl sites for hydroxylation is 2. The number of fused-ring (bicyclic) bond motifs is 1. The van der Waals surface area contributed by atoms with Gasteiger partial charge < -0.3 is 10.4 Å². The van der Waals surface area contributed by atoms with Crippen LogP contribution < -0.4 is 5.32 Å². The lowest BCUT2D eigenvalue weighted by Crippen LogP contribution is -2.11. The Labute approximate surface area is 126 Å². The molecule has 1 atom stereocenters. The van der Waals surface area contributed by atoms with Gasteiger partial charge in [0.15, 0.2) is 11.5 Å². The maximum atomic E-state index is 11.1. The van der Waals surface area contributed by atoms with Crippen molar-refractivity contribution in [3.05, 3.63) is 41.6 Å². The lowest BCUT2D eigenvalue weighted by atomic mass is 10.2. The molecule has 0 saturated carbocycles. The number of nitrogens with one attached hydrogen (secondary N) is 1. The second-order valence-electron chi connectivity index (χ2n) is 5.18.